The van der Waals surface area contributed by atoms with Gasteiger partial charge in [-0.2, -0.15) is 27.9 Å². The molecule has 10 nitrogen and oxygen atoms in total. The van der Waals surface area contributed by atoms with Crippen LogP contribution in [0.1, 0.15) is 23.2 Å². The molecule has 37 heavy (non-hydrogen) atoms. The molecule has 1 fully saturated rings. The normalized spacial score (nSPS) is 17.7. The Bertz CT molecular complexity index is 1490. The second-order valence-electron chi connectivity index (χ2n) is 8.37. The predicted octanol–water partition coefficient (Wildman–Crippen LogP) is 2.58. The van der Waals surface area contributed by atoms with Crippen LogP contribution in [0.25, 0.3) is 0 Å². The quantitative estimate of drug-likeness (QED) is 0.502. The van der Waals surface area contributed by atoms with E-state index >= 15 is 0 Å². The van der Waals surface area contributed by atoms with E-state index in [2.05, 4.69) is 15.4 Å². The molecule has 0 saturated carbocycles. The maximum absolute atomic E-state index is 13.5. The van der Waals surface area contributed by atoms with Crippen molar-refractivity contribution in [3.05, 3.63) is 72.9 Å². The third-order valence-electron chi connectivity index (χ3n) is 6.11. The molecule has 1 saturated heterocycles. The van der Waals surface area contributed by atoms with E-state index in [1.165, 1.54) is 17.8 Å². The number of nitrogens with one attached hydrogen (secondary N) is 1. The Hall–Kier alpha value is -3.49. The number of nitrogens with zero attached hydrogens (tertiary/aromatic N) is 5. The van der Waals surface area contributed by atoms with Crippen molar-refractivity contribution in [2.24, 2.45) is 7.05 Å². The van der Waals surface area contributed by atoms with Gasteiger partial charge in [-0.1, -0.05) is 11.6 Å². The molecule has 1 atom stereocenters. The zero-order chi connectivity index (χ0) is 26.5. The lowest BCUT2D eigenvalue weighted by Crippen LogP contribution is -2.39. The van der Waals surface area contributed by atoms with Crippen molar-refractivity contribution < 1.29 is 27.0 Å². The first-order valence-corrected chi connectivity index (χ1v) is 11.4. The van der Waals surface area contributed by atoms with Crippen LogP contribution in [0.5, 0.6) is 11.6 Å². The molecule has 0 spiro atoms. The minimum absolute atomic E-state index is 0.0680. The summed E-state index contributed by atoms with van der Waals surface area (Å²) in [7, 11) is 1.46. The first-order valence-electron chi connectivity index (χ1n) is 11.0. The van der Waals surface area contributed by atoms with Crippen molar-refractivity contribution in [1.29, 1.82) is 0 Å². The summed E-state index contributed by atoms with van der Waals surface area (Å²) in [6.45, 7) is 1.30. The summed E-state index contributed by atoms with van der Waals surface area (Å²) in [5.74, 6) is -2.08. The summed E-state index contributed by atoms with van der Waals surface area (Å²) in [5.41, 5.74) is -1.56. The van der Waals surface area contributed by atoms with Gasteiger partial charge in [0.05, 0.1) is 30.7 Å². The van der Waals surface area contributed by atoms with Gasteiger partial charge in [-0.15, -0.1) is 0 Å². The lowest BCUT2D eigenvalue weighted by atomic mass is 10.1. The molecule has 1 unspecified atom stereocenters. The molecule has 0 bridgehead atoms. The highest BCUT2D eigenvalue weighted by molar-refractivity contribution is 6.33. The number of hydrogen-bond acceptors (Lipinski definition) is 8. The number of hydrogen-bond donors (Lipinski definition) is 1. The highest BCUT2D eigenvalue weighted by atomic mass is 35.5. The Morgan fingerprint density at radius 1 is 1.27 bits per heavy atom. The average molecular weight is 543 g/mol. The minimum Gasteiger partial charge on any atom is -0.438 e. The predicted molar refractivity (Wildman–Crippen MR) is 122 cm³/mol. The third-order valence-corrected chi connectivity index (χ3v) is 6.46. The van der Waals surface area contributed by atoms with Gasteiger partial charge in [0.25, 0.3) is 5.56 Å². The SMILES string of the molecule is Cn1c2c(c(Oc3ccc(F)cc3C(F)(F)F)nc1=O)CCN(c1cnn(C3NCCO3)c(=O)c1Cl)C2. The van der Waals surface area contributed by atoms with Crippen molar-refractivity contribution in [2.75, 3.05) is 24.6 Å². The number of benzene rings is 1. The zero-order valence-corrected chi connectivity index (χ0v) is 19.9. The highest BCUT2D eigenvalue weighted by Gasteiger charge is 2.36. The van der Waals surface area contributed by atoms with Gasteiger partial charge in [0.1, 0.15) is 22.2 Å². The topological polar surface area (TPSA) is 104 Å². The van der Waals surface area contributed by atoms with Gasteiger partial charge in [0, 0.05) is 25.7 Å². The molecular formula is C22H19ClF4N6O4. The van der Waals surface area contributed by atoms with Crippen LogP contribution in [0, 0.1) is 5.82 Å². The largest absolute Gasteiger partial charge is 0.438 e. The van der Waals surface area contributed by atoms with Crippen LogP contribution in [-0.4, -0.2) is 39.0 Å². The maximum Gasteiger partial charge on any atom is 0.420 e. The van der Waals surface area contributed by atoms with Crippen LogP contribution in [0.15, 0.2) is 34.0 Å². The summed E-state index contributed by atoms with van der Waals surface area (Å²) in [4.78, 5) is 30.9. The molecule has 2 aliphatic rings. The molecule has 0 radical (unpaired) electrons. The van der Waals surface area contributed by atoms with E-state index < -0.39 is 40.9 Å². The van der Waals surface area contributed by atoms with E-state index in [-0.39, 0.29) is 30.4 Å². The van der Waals surface area contributed by atoms with Gasteiger partial charge in [-0.25, -0.2) is 9.18 Å². The second-order valence-corrected chi connectivity index (χ2v) is 8.74. The van der Waals surface area contributed by atoms with Gasteiger partial charge in [0.15, 0.2) is 0 Å². The van der Waals surface area contributed by atoms with Gasteiger partial charge >= 0.3 is 11.9 Å². The molecule has 1 aromatic carbocycles. The van der Waals surface area contributed by atoms with Crippen molar-refractivity contribution in [3.63, 3.8) is 0 Å². The van der Waals surface area contributed by atoms with Gasteiger partial charge in [-0.05, 0) is 24.6 Å². The highest BCUT2D eigenvalue weighted by Crippen LogP contribution is 2.39. The van der Waals surface area contributed by atoms with Crippen LogP contribution in [0.4, 0.5) is 23.2 Å². The molecule has 0 aliphatic carbocycles. The first kappa shape index (κ1) is 25.2. The monoisotopic (exact) mass is 542 g/mol. The van der Waals surface area contributed by atoms with E-state index in [1.54, 1.807) is 4.90 Å². The van der Waals surface area contributed by atoms with Crippen molar-refractivity contribution in [1.82, 2.24) is 24.6 Å². The lowest BCUT2D eigenvalue weighted by Gasteiger charge is -2.32. The van der Waals surface area contributed by atoms with Crippen LogP contribution in [0.2, 0.25) is 5.02 Å². The van der Waals surface area contributed by atoms with Crippen LogP contribution in [0.3, 0.4) is 0 Å². The second kappa shape index (κ2) is 9.43. The Morgan fingerprint density at radius 3 is 2.76 bits per heavy atom. The number of anilines is 1. The van der Waals surface area contributed by atoms with E-state index in [4.69, 9.17) is 21.1 Å². The van der Waals surface area contributed by atoms with E-state index in [0.29, 0.717) is 36.2 Å². The molecule has 4 heterocycles. The summed E-state index contributed by atoms with van der Waals surface area (Å²) in [5, 5.41) is 7.01. The van der Waals surface area contributed by atoms with Crippen molar-refractivity contribution in [3.8, 4) is 11.6 Å². The van der Waals surface area contributed by atoms with Gasteiger partial charge in [-0.3, -0.25) is 14.7 Å². The fraction of sp³-hybridized carbons (Fsp3) is 0.364. The summed E-state index contributed by atoms with van der Waals surface area (Å²) >= 11 is 6.38. The Morgan fingerprint density at radius 2 is 2.05 bits per heavy atom. The molecule has 3 aromatic rings. The molecule has 196 valence electrons. The first-order chi connectivity index (χ1) is 17.5. The van der Waals surface area contributed by atoms with E-state index in [0.717, 1.165) is 16.8 Å². The summed E-state index contributed by atoms with van der Waals surface area (Å²) in [6.07, 6.45) is -4.03. The Balaban J connectivity index is 1.49. The summed E-state index contributed by atoms with van der Waals surface area (Å²) in [6, 6.07) is 1.97. The smallest absolute Gasteiger partial charge is 0.420 e. The van der Waals surface area contributed by atoms with Crippen molar-refractivity contribution >= 4 is 17.3 Å². The molecule has 5 rings (SSSR count). The Kier molecular flexibility index (Phi) is 6.41. The Labute approximate surface area is 211 Å². The standard InChI is InChI=1S/C22H19ClF4N6O4/c1-31-15-10-32(14-9-29-33(19(34)17(14)23)21-28-5-7-36-21)6-4-12(15)18(30-20(31)35)37-16-3-2-11(24)8-13(16)22(25,26)27/h2-3,8-9,21,28H,4-7,10H2,1H3. The number of ether oxygens (including phenoxy) is 2. The van der Waals surface area contributed by atoms with Crippen LogP contribution in [-0.2, 0) is 30.9 Å². The minimum atomic E-state index is -4.89. The number of rotatable bonds is 4. The average Bonchev–Trinajstić information content (AvgIpc) is 3.39. The fourth-order valence-corrected chi connectivity index (χ4v) is 4.48. The van der Waals surface area contributed by atoms with Gasteiger partial charge in [0.2, 0.25) is 12.2 Å². The fourth-order valence-electron chi connectivity index (χ4n) is 4.23. The number of halogens is 5. The van der Waals surface area contributed by atoms with Crippen LogP contribution >= 0.6 is 11.6 Å². The maximum atomic E-state index is 13.5. The zero-order valence-electron chi connectivity index (χ0n) is 19.2. The molecule has 15 heteroatoms. The number of aromatic nitrogens is 4. The van der Waals surface area contributed by atoms with Gasteiger partial charge < -0.3 is 14.4 Å². The molecular weight excluding hydrogens is 524 g/mol. The van der Waals surface area contributed by atoms with Crippen LogP contribution < -0.4 is 26.2 Å². The third kappa shape index (κ3) is 4.67. The number of alkyl halides is 3. The van der Waals surface area contributed by atoms with Crippen molar-refractivity contribution in [2.45, 2.75) is 25.5 Å². The molecule has 2 aromatic heterocycles. The van der Waals surface area contributed by atoms with E-state index in [1.807, 2.05) is 0 Å². The molecule has 2 aliphatic heterocycles. The molecule has 1 N–H and O–H groups in total. The number of fused-ring (bicyclic) bond motifs is 1. The lowest BCUT2D eigenvalue weighted by molar-refractivity contribution is -0.138. The van der Waals surface area contributed by atoms with E-state index in [9.17, 15) is 27.2 Å². The summed E-state index contributed by atoms with van der Waals surface area (Å²) < 4.78 is 67.0. The molecule has 0 amide bonds.